The molecule has 2 heteroatoms. The fraction of sp³-hybridized carbons (Fsp3) is 0.556. The number of thioether (sulfide) groups is 1. The second kappa shape index (κ2) is 6.82. The van der Waals surface area contributed by atoms with Gasteiger partial charge in [-0.3, -0.25) is 0 Å². The normalized spacial score (nSPS) is 20.7. The Morgan fingerprint density at radius 1 is 1.45 bits per heavy atom. The number of benzene rings is 1. The molecular weight excluding hydrogens is 262 g/mol. The molecule has 1 nitrogen and oxygen atoms in total. The standard InChI is InChI=1S/C18H27NS/c1-5-18(4,13-19-12-14(2)3)11-16-10-15-8-6-7-9-17(15)20-16/h5-9,14,16,19H,1,10-13H2,2-4H3. The predicted molar refractivity (Wildman–Crippen MR) is 90.4 cm³/mol. The highest BCUT2D eigenvalue weighted by atomic mass is 32.2. The molecule has 1 heterocycles. The highest BCUT2D eigenvalue weighted by Crippen LogP contribution is 2.42. The number of rotatable bonds is 7. The number of nitrogens with one attached hydrogen (secondary N) is 1. The van der Waals surface area contributed by atoms with E-state index in [-0.39, 0.29) is 5.41 Å². The van der Waals surface area contributed by atoms with Crippen molar-refractivity contribution in [2.24, 2.45) is 11.3 Å². The lowest BCUT2D eigenvalue weighted by Gasteiger charge is -2.29. The van der Waals surface area contributed by atoms with Crippen molar-refractivity contribution in [3.63, 3.8) is 0 Å². The van der Waals surface area contributed by atoms with Gasteiger partial charge in [0.15, 0.2) is 0 Å². The quantitative estimate of drug-likeness (QED) is 0.740. The molecule has 0 radical (unpaired) electrons. The summed E-state index contributed by atoms with van der Waals surface area (Å²) in [6.45, 7) is 13.0. The first-order chi connectivity index (χ1) is 9.52. The van der Waals surface area contributed by atoms with Crippen molar-refractivity contribution in [1.82, 2.24) is 5.32 Å². The molecule has 2 atom stereocenters. The summed E-state index contributed by atoms with van der Waals surface area (Å²) in [5.41, 5.74) is 1.71. The van der Waals surface area contributed by atoms with Gasteiger partial charge in [-0.25, -0.2) is 0 Å². The molecule has 2 unspecified atom stereocenters. The largest absolute Gasteiger partial charge is 0.316 e. The lowest BCUT2D eigenvalue weighted by Crippen LogP contribution is -2.34. The minimum atomic E-state index is 0.189. The van der Waals surface area contributed by atoms with E-state index in [2.05, 4.69) is 63.0 Å². The first kappa shape index (κ1) is 15.7. The SMILES string of the molecule is C=CC(C)(CNCC(C)C)CC1Cc2ccccc2S1. The second-order valence-corrected chi connectivity index (χ2v) is 7.98. The molecule has 20 heavy (non-hydrogen) atoms. The molecule has 1 N–H and O–H groups in total. The molecule has 0 saturated carbocycles. The number of fused-ring (bicyclic) bond motifs is 1. The average molecular weight is 289 g/mol. The lowest BCUT2D eigenvalue weighted by molar-refractivity contribution is 0.351. The van der Waals surface area contributed by atoms with Crippen LogP contribution in [0.4, 0.5) is 0 Å². The van der Waals surface area contributed by atoms with Crippen LogP contribution in [0.1, 0.15) is 32.8 Å². The fourth-order valence-electron chi connectivity index (χ4n) is 2.76. The molecule has 0 spiro atoms. The second-order valence-electron chi connectivity index (χ2n) is 6.64. The maximum Gasteiger partial charge on any atom is 0.0144 e. The Labute approximate surface area is 128 Å². The molecule has 2 rings (SSSR count). The van der Waals surface area contributed by atoms with Crippen LogP contribution >= 0.6 is 11.8 Å². The monoisotopic (exact) mass is 289 g/mol. The molecule has 0 amide bonds. The number of hydrogen-bond donors (Lipinski definition) is 1. The molecule has 0 aromatic heterocycles. The predicted octanol–water partition coefficient (Wildman–Crippen LogP) is 4.53. The molecule has 110 valence electrons. The minimum Gasteiger partial charge on any atom is -0.316 e. The maximum absolute atomic E-state index is 4.07. The van der Waals surface area contributed by atoms with Crippen molar-refractivity contribution < 1.29 is 0 Å². The summed E-state index contributed by atoms with van der Waals surface area (Å²) < 4.78 is 0. The van der Waals surface area contributed by atoms with Gasteiger partial charge >= 0.3 is 0 Å². The van der Waals surface area contributed by atoms with E-state index >= 15 is 0 Å². The van der Waals surface area contributed by atoms with Gasteiger partial charge in [0, 0.05) is 16.7 Å². The zero-order valence-corrected chi connectivity index (χ0v) is 13.8. The summed E-state index contributed by atoms with van der Waals surface area (Å²) in [5.74, 6) is 0.703. The first-order valence-electron chi connectivity index (χ1n) is 7.61. The van der Waals surface area contributed by atoms with Gasteiger partial charge in [0.05, 0.1) is 0 Å². The van der Waals surface area contributed by atoms with E-state index in [0.717, 1.165) is 13.1 Å². The minimum absolute atomic E-state index is 0.189. The summed E-state index contributed by atoms with van der Waals surface area (Å²) in [7, 11) is 0. The van der Waals surface area contributed by atoms with Crippen molar-refractivity contribution in [2.75, 3.05) is 13.1 Å². The van der Waals surface area contributed by atoms with Gasteiger partial charge in [-0.05, 0) is 42.3 Å². The third-order valence-corrected chi connectivity index (χ3v) is 5.30. The Balaban J connectivity index is 1.89. The molecule has 0 fully saturated rings. The van der Waals surface area contributed by atoms with Crippen LogP contribution in [0.15, 0.2) is 41.8 Å². The summed E-state index contributed by atoms with van der Waals surface area (Å²) in [6.07, 6.45) is 4.54. The summed E-state index contributed by atoms with van der Waals surface area (Å²) in [5, 5.41) is 4.28. The van der Waals surface area contributed by atoms with Gasteiger partial charge in [-0.1, -0.05) is 45.0 Å². The number of hydrogen-bond acceptors (Lipinski definition) is 2. The molecule has 1 aromatic rings. The summed E-state index contributed by atoms with van der Waals surface area (Å²) in [6, 6.07) is 8.82. The smallest absolute Gasteiger partial charge is 0.0144 e. The Morgan fingerprint density at radius 2 is 2.20 bits per heavy atom. The Hall–Kier alpha value is -0.730. The van der Waals surface area contributed by atoms with Crippen molar-refractivity contribution in [1.29, 1.82) is 0 Å². The van der Waals surface area contributed by atoms with Crippen molar-refractivity contribution in [3.05, 3.63) is 42.5 Å². The molecule has 0 aliphatic carbocycles. The van der Waals surface area contributed by atoms with E-state index in [9.17, 15) is 0 Å². The van der Waals surface area contributed by atoms with Crippen LogP contribution in [0.3, 0.4) is 0 Å². The molecule has 1 aliphatic rings. The van der Waals surface area contributed by atoms with E-state index in [1.54, 1.807) is 0 Å². The van der Waals surface area contributed by atoms with E-state index in [0.29, 0.717) is 11.2 Å². The average Bonchev–Trinajstić information content (AvgIpc) is 2.80. The van der Waals surface area contributed by atoms with E-state index in [1.165, 1.54) is 23.3 Å². The zero-order chi connectivity index (χ0) is 14.6. The third-order valence-electron chi connectivity index (χ3n) is 3.98. The van der Waals surface area contributed by atoms with Crippen LogP contribution in [-0.4, -0.2) is 18.3 Å². The molecular formula is C18H27NS. The van der Waals surface area contributed by atoms with Crippen LogP contribution in [-0.2, 0) is 6.42 Å². The van der Waals surface area contributed by atoms with Crippen molar-refractivity contribution in [2.45, 2.75) is 43.8 Å². The maximum atomic E-state index is 4.07. The van der Waals surface area contributed by atoms with E-state index in [4.69, 9.17) is 0 Å². The van der Waals surface area contributed by atoms with Crippen molar-refractivity contribution in [3.8, 4) is 0 Å². The highest BCUT2D eigenvalue weighted by molar-refractivity contribution is 8.00. The van der Waals surface area contributed by atoms with Crippen LogP contribution in [0.5, 0.6) is 0 Å². The zero-order valence-electron chi connectivity index (χ0n) is 13.0. The van der Waals surface area contributed by atoms with Crippen LogP contribution in [0, 0.1) is 11.3 Å². The first-order valence-corrected chi connectivity index (χ1v) is 8.49. The Bertz CT molecular complexity index is 429. The molecule has 1 aliphatic heterocycles. The topological polar surface area (TPSA) is 12.0 Å². The van der Waals surface area contributed by atoms with Crippen LogP contribution in [0.2, 0.25) is 0 Å². The Kier molecular flexibility index (Phi) is 5.34. The van der Waals surface area contributed by atoms with Gasteiger partial charge in [0.25, 0.3) is 0 Å². The fourth-order valence-corrected chi connectivity index (χ4v) is 4.31. The molecule has 1 aromatic carbocycles. The van der Waals surface area contributed by atoms with Crippen LogP contribution in [0.25, 0.3) is 0 Å². The third kappa shape index (κ3) is 4.13. The van der Waals surface area contributed by atoms with Crippen LogP contribution < -0.4 is 5.32 Å². The van der Waals surface area contributed by atoms with Gasteiger partial charge in [-0.2, -0.15) is 0 Å². The molecule has 0 bridgehead atoms. The van der Waals surface area contributed by atoms with Gasteiger partial charge < -0.3 is 5.32 Å². The van der Waals surface area contributed by atoms with Gasteiger partial charge in [0.2, 0.25) is 0 Å². The van der Waals surface area contributed by atoms with Gasteiger partial charge in [-0.15, -0.1) is 18.3 Å². The highest BCUT2D eigenvalue weighted by Gasteiger charge is 2.29. The van der Waals surface area contributed by atoms with E-state index in [1.807, 2.05) is 11.8 Å². The summed E-state index contributed by atoms with van der Waals surface area (Å²) >= 11 is 2.04. The van der Waals surface area contributed by atoms with Crippen molar-refractivity contribution >= 4 is 11.8 Å². The summed E-state index contributed by atoms with van der Waals surface area (Å²) in [4.78, 5) is 1.47. The van der Waals surface area contributed by atoms with E-state index < -0.39 is 0 Å². The Morgan fingerprint density at radius 3 is 2.85 bits per heavy atom. The molecule has 0 saturated heterocycles. The lowest BCUT2D eigenvalue weighted by atomic mass is 9.84. The van der Waals surface area contributed by atoms with Gasteiger partial charge in [0.1, 0.15) is 0 Å².